The zero-order chi connectivity index (χ0) is 17.6. The highest BCUT2D eigenvalue weighted by atomic mass is 79.9. The summed E-state index contributed by atoms with van der Waals surface area (Å²) in [6, 6.07) is 31.4. The highest BCUT2D eigenvalue weighted by molar-refractivity contribution is 8.93. The molecule has 136 valence electrons. The van der Waals surface area contributed by atoms with Gasteiger partial charge in [-0.2, -0.15) is 0 Å². The largest absolute Gasteiger partial charge is 0.361 e. The van der Waals surface area contributed by atoms with E-state index in [1.165, 1.54) is 16.0 Å². The Bertz CT molecular complexity index is 897. The molecule has 1 heterocycles. The van der Waals surface area contributed by atoms with Gasteiger partial charge < -0.3 is 5.32 Å². The van der Waals surface area contributed by atoms with Crippen LogP contribution in [0.15, 0.2) is 91.0 Å². The molecule has 1 N–H and O–H groups in total. The van der Waals surface area contributed by atoms with Crippen molar-refractivity contribution in [2.45, 2.75) is 6.42 Å². The predicted octanol–water partition coefficient (Wildman–Crippen LogP) is 6.71. The number of aromatic nitrogens is 1. The van der Waals surface area contributed by atoms with Gasteiger partial charge in [0.15, 0.2) is 5.13 Å². The molecule has 4 rings (SSSR count). The fourth-order valence-electron chi connectivity index (χ4n) is 2.93. The van der Waals surface area contributed by atoms with E-state index in [1.807, 2.05) is 12.1 Å². The molecule has 0 spiro atoms. The smallest absolute Gasteiger partial charge is 0.183 e. The lowest BCUT2D eigenvalue weighted by Gasteiger charge is -2.02. The molecular formula is C23H21BrN2S. The van der Waals surface area contributed by atoms with E-state index in [4.69, 9.17) is 4.98 Å². The van der Waals surface area contributed by atoms with Crippen molar-refractivity contribution in [1.82, 2.24) is 4.98 Å². The molecule has 0 aliphatic rings. The van der Waals surface area contributed by atoms with Crippen molar-refractivity contribution in [1.29, 1.82) is 0 Å². The molecule has 0 aliphatic heterocycles. The van der Waals surface area contributed by atoms with Gasteiger partial charge in [0.25, 0.3) is 0 Å². The average Bonchev–Trinajstić information content (AvgIpc) is 3.14. The molecule has 1 aromatic heterocycles. The Balaban J connectivity index is 0.00000210. The summed E-state index contributed by atoms with van der Waals surface area (Å²) < 4.78 is 0. The lowest BCUT2D eigenvalue weighted by atomic mass is 10.1. The molecule has 0 bridgehead atoms. The van der Waals surface area contributed by atoms with Crippen LogP contribution in [-0.4, -0.2) is 11.5 Å². The van der Waals surface area contributed by atoms with E-state index < -0.39 is 0 Å². The summed E-state index contributed by atoms with van der Waals surface area (Å²) in [5.74, 6) is 0. The topological polar surface area (TPSA) is 24.9 Å². The van der Waals surface area contributed by atoms with Crippen LogP contribution in [0.2, 0.25) is 0 Å². The summed E-state index contributed by atoms with van der Waals surface area (Å²) >= 11 is 1.72. The highest BCUT2D eigenvalue weighted by Gasteiger charge is 2.14. The third kappa shape index (κ3) is 4.85. The van der Waals surface area contributed by atoms with Crippen molar-refractivity contribution in [2.75, 3.05) is 11.9 Å². The zero-order valence-corrected chi connectivity index (χ0v) is 17.4. The summed E-state index contributed by atoms with van der Waals surface area (Å²) in [5.41, 5.74) is 4.74. The van der Waals surface area contributed by atoms with E-state index in [9.17, 15) is 0 Å². The summed E-state index contributed by atoms with van der Waals surface area (Å²) in [4.78, 5) is 6.10. The molecule has 0 aliphatic carbocycles. The van der Waals surface area contributed by atoms with E-state index in [1.54, 1.807) is 11.3 Å². The quantitative estimate of drug-likeness (QED) is 0.363. The van der Waals surface area contributed by atoms with Gasteiger partial charge in [-0.15, -0.1) is 17.0 Å². The number of nitrogens with zero attached hydrogens (tertiary/aromatic N) is 1. The molecule has 0 saturated heterocycles. The number of anilines is 1. The monoisotopic (exact) mass is 436 g/mol. The Hall–Kier alpha value is -2.43. The maximum Gasteiger partial charge on any atom is 0.183 e. The number of rotatable bonds is 6. The van der Waals surface area contributed by atoms with Gasteiger partial charge in [-0.3, -0.25) is 0 Å². The first-order chi connectivity index (χ1) is 12.9. The maximum atomic E-state index is 4.90. The third-order valence-electron chi connectivity index (χ3n) is 4.24. The van der Waals surface area contributed by atoms with Crippen LogP contribution in [0.3, 0.4) is 0 Å². The molecule has 2 nitrogen and oxygen atoms in total. The van der Waals surface area contributed by atoms with Crippen LogP contribution in [0.25, 0.3) is 21.7 Å². The van der Waals surface area contributed by atoms with Crippen molar-refractivity contribution >= 4 is 33.4 Å². The summed E-state index contributed by atoms with van der Waals surface area (Å²) in [7, 11) is 0. The first-order valence-electron chi connectivity index (χ1n) is 8.79. The molecule has 27 heavy (non-hydrogen) atoms. The van der Waals surface area contributed by atoms with Gasteiger partial charge in [-0.05, 0) is 17.5 Å². The van der Waals surface area contributed by atoms with Crippen LogP contribution >= 0.6 is 28.3 Å². The van der Waals surface area contributed by atoms with Gasteiger partial charge in [0, 0.05) is 12.1 Å². The number of benzene rings is 3. The Morgan fingerprint density at radius 2 is 1.26 bits per heavy atom. The van der Waals surface area contributed by atoms with E-state index in [0.717, 1.165) is 29.4 Å². The number of hydrogen-bond donors (Lipinski definition) is 1. The van der Waals surface area contributed by atoms with Gasteiger partial charge in [0.05, 0.1) is 10.6 Å². The van der Waals surface area contributed by atoms with Crippen LogP contribution in [-0.2, 0) is 6.42 Å². The Morgan fingerprint density at radius 3 is 1.89 bits per heavy atom. The van der Waals surface area contributed by atoms with Crippen LogP contribution < -0.4 is 5.32 Å². The summed E-state index contributed by atoms with van der Waals surface area (Å²) in [6.45, 7) is 0.875. The zero-order valence-electron chi connectivity index (χ0n) is 14.8. The molecular weight excluding hydrogens is 416 g/mol. The fourth-order valence-corrected chi connectivity index (χ4v) is 3.95. The van der Waals surface area contributed by atoms with Crippen LogP contribution in [0, 0.1) is 0 Å². The lowest BCUT2D eigenvalue weighted by Crippen LogP contribution is -2.04. The SMILES string of the molecule is Br.c1ccc(CCNc2nc(-c3ccccc3)c(-c3ccccc3)s2)cc1. The second-order valence-electron chi connectivity index (χ2n) is 6.09. The molecule has 0 amide bonds. The molecule has 0 radical (unpaired) electrons. The van der Waals surface area contributed by atoms with E-state index >= 15 is 0 Å². The normalized spacial score (nSPS) is 10.2. The van der Waals surface area contributed by atoms with Crippen LogP contribution in [0.1, 0.15) is 5.56 Å². The van der Waals surface area contributed by atoms with E-state index in [2.05, 4.69) is 84.2 Å². The molecule has 0 atom stereocenters. The maximum absolute atomic E-state index is 4.90. The summed E-state index contributed by atoms with van der Waals surface area (Å²) in [5, 5.41) is 4.47. The Labute approximate surface area is 174 Å². The molecule has 3 aromatic carbocycles. The van der Waals surface area contributed by atoms with E-state index in [0.29, 0.717) is 0 Å². The van der Waals surface area contributed by atoms with Crippen molar-refractivity contribution in [2.24, 2.45) is 0 Å². The fraction of sp³-hybridized carbons (Fsp3) is 0.0870. The number of nitrogens with one attached hydrogen (secondary N) is 1. The third-order valence-corrected chi connectivity index (χ3v) is 5.31. The van der Waals surface area contributed by atoms with Gasteiger partial charge in [-0.25, -0.2) is 4.98 Å². The van der Waals surface area contributed by atoms with Crippen molar-refractivity contribution in [3.05, 3.63) is 96.6 Å². The molecule has 4 aromatic rings. The second-order valence-corrected chi connectivity index (χ2v) is 7.09. The second kappa shape index (κ2) is 9.49. The number of halogens is 1. The first kappa shape index (κ1) is 19.3. The van der Waals surface area contributed by atoms with Gasteiger partial charge in [0.1, 0.15) is 0 Å². The molecule has 0 fully saturated rings. The van der Waals surface area contributed by atoms with Gasteiger partial charge in [0.2, 0.25) is 0 Å². The lowest BCUT2D eigenvalue weighted by molar-refractivity contribution is 1.02. The Morgan fingerprint density at radius 1 is 0.704 bits per heavy atom. The van der Waals surface area contributed by atoms with Crippen molar-refractivity contribution in [3.8, 4) is 21.7 Å². The molecule has 0 unspecified atom stereocenters. The number of hydrogen-bond acceptors (Lipinski definition) is 3. The predicted molar refractivity (Wildman–Crippen MR) is 122 cm³/mol. The van der Waals surface area contributed by atoms with Gasteiger partial charge in [-0.1, -0.05) is 102 Å². The van der Waals surface area contributed by atoms with Crippen LogP contribution in [0.5, 0.6) is 0 Å². The number of thiazole rings is 1. The summed E-state index contributed by atoms with van der Waals surface area (Å²) in [6.07, 6.45) is 0.988. The van der Waals surface area contributed by atoms with Crippen molar-refractivity contribution < 1.29 is 0 Å². The minimum Gasteiger partial charge on any atom is -0.361 e. The minimum atomic E-state index is 0. The minimum absolute atomic E-state index is 0. The molecule has 4 heteroatoms. The highest BCUT2D eigenvalue weighted by Crippen LogP contribution is 2.38. The van der Waals surface area contributed by atoms with Gasteiger partial charge >= 0.3 is 0 Å². The molecule has 0 saturated carbocycles. The standard InChI is InChI=1S/C23H20N2S.BrH/c1-4-10-18(11-5-1)16-17-24-23-25-21(19-12-6-2-7-13-19)22(26-23)20-14-8-3-9-15-20;/h1-15H,16-17H2,(H,24,25);1H. The first-order valence-corrected chi connectivity index (χ1v) is 9.61. The van der Waals surface area contributed by atoms with Crippen LogP contribution in [0.4, 0.5) is 5.13 Å². The average molecular weight is 437 g/mol. The van der Waals surface area contributed by atoms with Crippen molar-refractivity contribution in [3.63, 3.8) is 0 Å². The Kier molecular flexibility index (Phi) is 6.80. The van der Waals surface area contributed by atoms with E-state index in [-0.39, 0.29) is 17.0 Å².